The highest BCUT2D eigenvalue weighted by molar-refractivity contribution is 14.1. The SMILES string of the molecule is NS(=O)(=O)c1cnc(OC(F)(F)F)c(O)c1I. The Morgan fingerprint density at radius 1 is 1.47 bits per heavy atom. The molecule has 0 saturated heterocycles. The summed E-state index contributed by atoms with van der Waals surface area (Å²) in [6.07, 6.45) is -4.48. The van der Waals surface area contributed by atoms with E-state index in [0.29, 0.717) is 6.20 Å². The molecule has 96 valence electrons. The van der Waals surface area contributed by atoms with E-state index in [1.54, 1.807) is 0 Å². The first-order chi connectivity index (χ1) is 7.52. The minimum Gasteiger partial charge on any atom is -0.502 e. The molecule has 0 aliphatic heterocycles. The van der Waals surface area contributed by atoms with Crippen LogP contribution < -0.4 is 9.88 Å². The van der Waals surface area contributed by atoms with Crippen LogP contribution in [0.5, 0.6) is 11.6 Å². The Morgan fingerprint density at radius 2 is 2.00 bits per heavy atom. The first-order valence-corrected chi connectivity index (χ1v) is 6.31. The number of sulfonamides is 1. The molecule has 0 spiro atoms. The second-order valence-electron chi connectivity index (χ2n) is 2.68. The number of ether oxygens (including phenoxy) is 1. The number of halogens is 4. The molecule has 1 heterocycles. The normalized spacial score (nSPS) is 12.5. The molecule has 0 aliphatic rings. The van der Waals surface area contributed by atoms with Crippen molar-refractivity contribution in [3.63, 3.8) is 0 Å². The Labute approximate surface area is 107 Å². The first-order valence-electron chi connectivity index (χ1n) is 3.68. The van der Waals surface area contributed by atoms with Gasteiger partial charge in [-0.1, -0.05) is 0 Å². The quantitative estimate of drug-likeness (QED) is 0.739. The summed E-state index contributed by atoms with van der Waals surface area (Å²) >= 11 is 1.31. The molecule has 3 N–H and O–H groups in total. The van der Waals surface area contributed by atoms with Crippen LogP contribution in [0, 0.1) is 3.57 Å². The van der Waals surface area contributed by atoms with Crippen molar-refractivity contribution in [2.75, 3.05) is 0 Å². The number of aromatic nitrogens is 1. The minimum atomic E-state index is -5.04. The number of rotatable bonds is 2. The maximum atomic E-state index is 11.9. The topological polar surface area (TPSA) is 103 Å². The largest absolute Gasteiger partial charge is 0.574 e. The van der Waals surface area contributed by atoms with E-state index >= 15 is 0 Å². The van der Waals surface area contributed by atoms with Crippen molar-refractivity contribution in [1.29, 1.82) is 0 Å². The summed E-state index contributed by atoms with van der Waals surface area (Å²) in [6, 6.07) is 0. The third-order valence-corrected chi connectivity index (χ3v) is 3.83. The lowest BCUT2D eigenvalue weighted by Crippen LogP contribution is -2.19. The zero-order chi connectivity index (χ0) is 13.4. The van der Waals surface area contributed by atoms with Crippen molar-refractivity contribution < 1.29 is 31.4 Å². The van der Waals surface area contributed by atoms with Gasteiger partial charge >= 0.3 is 6.36 Å². The average molecular weight is 384 g/mol. The van der Waals surface area contributed by atoms with E-state index in [2.05, 4.69) is 9.72 Å². The number of hydrogen-bond acceptors (Lipinski definition) is 5. The van der Waals surface area contributed by atoms with E-state index in [-0.39, 0.29) is 0 Å². The molecular weight excluding hydrogens is 380 g/mol. The molecule has 1 aromatic heterocycles. The molecule has 0 atom stereocenters. The molecule has 1 aromatic rings. The Kier molecular flexibility index (Phi) is 3.73. The highest BCUT2D eigenvalue weighted by Crippen LogP contribution is 2.35. The van der Waals surface area contributed by atoms with Gasteiger partial charge in [0, 0.05) is 0 Å². The van der Waals surface area contributed by atoms with Gasteiger partial charge in [0.15, 0.2) is 5.75 Å². The van der Waals surface area contributed by atoms with Crippen LogP contribution in [0.4, 0.5) is 13.2 Å². The molecule has 0 fully saturated rings. The molecule has 17 heavy (non-hydrogen) atoms. The maximum absolute atomic E-state index is 11.9. The molecule has 6 nitrogen and oxygen atoms in total. The summed E-state index contributed by atoms with van der Waals surface area (Å²) < 4.78 is 60.5. The van der Waals surface area contributed by atoms with Gasteiger partial charge in [-0.25, -0.2) is 18.5 Å². The molecule has 0 aromatic carbocycles. The van der Waals surface area contributed by atoms with Crippen LogP contribution in [0.1, 0.15) is 0 Å². The summed E-state index contributed by atoms with van der Waals surface area (Å²) in [5.74, 6) is -2.19. The van der Waals surface area contributed by atoms with Crippen LogP contribution in [-0.2, 0) is 10.0 Å². The molecule has 0 amide bonds. The van der Waals surface area contributed by atoms with Gasteiger partial charge < -0.3 is 9.84 Å². The van der Waals surface area contributed by atoms with Crippen LogP contribution in [0.2, 0.25) is 0 Å². The molecule has 0 radical (unpaired) electrons. The van der Waals surface area contributed by atoms with Crippen molar-refractivity contribution >= 4 is 32.6 Å². The van der Waals surface area contributed by atoms with Crippen LogP contribution >= 0.6 is 22.6 Å². The third-order valence-electron chi connectivity index (χ3n) is 1.44. The van der Waals surface area contributed by atoms with E-state index in [1.807, 2.05) is 0 Å². The summed E-state index contributed by atoms with van der Waals surface area (Å²) in [4.78, 5) is 2.44. The fourth-order valence-electron chi connectivity index (χ4n) is 0.828. The van der Waals surface area contributed by atoms with Crippen molar-refractivity contribution in [2.45, 2.75) is 11.3 Å². The molecule has 0 unspecified atom stereocenters. The van der Waals surface area contributed by atoms with Gasteiger partial charge in [0.1, 0.15) is 4.90 Å². The Morgan fingerprint density at radius 3 is 2.41 bits per heavy atom. The number of nitrogens with two attached hydrogens (primary N) is 1. The predicted octanol–water partition coefficient (Wildman–Crippen LogP) is 0.938. The van der Waals surface area contributed by atoms with Gasteiger partial charge in [0.05, 0.1) is 9.77 Å². The first kappa shape index (κ1) is 14.2. The highest BCUT2D eigenvalue weighted by atomic mass is 127. The van der Waals surface area contributed by atoms with Crippen LogP contribution in [0.15, 0.2) is 11.1 Å². The second kappa shape index (κ2) is 4.45. The molecule has 11 heteroatoms. The summed E-state index contributed by atoms with van der Waals surface area (Å²) in [5, 5.41) is 14.0. The fraction of sp³-hybridized carbons (Fsp3) is 0.167. The zero-order valence-electron chi connectivity index (χ0n) is 7.69. The summed E-state index contributed by atoms with van der Waals surface area (Å²) in [6.45, 7) is 0. The van der Waals surface area contributed by atoms with E-state index < -0.39 is 36.5 Å². The highest BCUT2D eigenvalue weighted by Gasteiger charge is 2.34. The summed E-state index contributed by atoms with van der Waals surface area (Å²) in [7, 11) is -4.18. The molecule has 0 saturated carbocycles. The number of nitrogens with zero attached hydrogens (tertiary/aromatic N) is 1. The van der Waals surface area contributed by atoms with Crippen LogP contribution in [0.25, 0.3) is 0 Å². The standard InChI is InChI=1S/C6H4F3IN2O4S/c7-6(8,9)16-5-4(13)3(10)2(1-12-5)17(11,14)15/h1,13H,(H2,11,14,15). The number of primary sulfonamides is 1. The lowest BCUT2D eigenvalue weighted by molar-refractivity contribution is -0.276. The van der Waals surface area contributed by atoms with E-state index in [0.717, 1.165) is 0 Å². The average Bonchev–Trinajstić information content (AvgIpc) is 2.08. The van der Waals surface area contributed by atoms with Crippen LogP contribution in [0.3, 0.4) is 0 Å². The van der Waals surface area contributed by atoms with Gasteiger partial charge in [-0.05, 0) is 22.6 Å². The molecule has 0 aliphatic carbocycles. The maximum Gasteiger partial charge on any atom is 0.574 e. The monoisotopic (exact) mass is 384 g/mol. The van der Waals surface area contributed by atoms with Crippen molar-refractivity contribution in [1.82, 2.24) is 4.98 Å². The Hall–Kier alpha value is -0.820. The van der Waals surface area contributed by atoms with E-state index in [9.17, 15) is 26.7 Å². The van der Waals surface area contributed by atoms with Gasteiger partial charge in [0.25, 0.3) is 5.88 Å². The predicted molar refractivity (Wildman–Crippen MR) is 56.7 cm³/mol. The Bertz CT molecular complexity index is 545. The molecular formula is C6H4F3IN2O4S. The third kappa shape index (κ3) is 3.57. The van der Waals surface area contributed by atoms with Gasteiger partial charge in [-0.15, -0.1) is 13.2 Å². The van der Waals surface area contributed by atoms with Gasteiger partial charge in [0.2, 0.25) is 10.0 Å². The zero-order valence-corrected chi connectivity index (χ0v) is 10.7. The van der Waals surface area contributed by atoms with Crippen molar-refractivity contribution in [3.8, 4) is 11.6 Å². The fourth-order valence-corrected chi connectivity index (χ4v) is 2.67. The number of hydrogen-bond donors (Lipinski definition) is 2. The molecule has 0 bridgehead atoms. The summed E-state index contributed by atoms with van der Waals surface area (Å²) in [5.41, 5.74) is 0. The second-order valence-corrected chi connectivity index (χ2v) is 5.29. The van der Waals surface area contributed by atoms with Gasteiger partial charge in [-0.2, -0.15) is 0 Å². The minimum absolute atomic E-state index is 0.403. The molecule has 1 rings (SSSR count). The van der Waals surface area contributed by atoms with Crippen LogP contribution in [-0.4, -0.2) is 24.9 Å². The van der Waals surface area contributed by atoms with E-state index in [4.69, 9.17) is 5.14 Å². The number of alkyl halides is 3. The van der Waals surface area contributed by atoms with Gasteiger partial charge in [-0.3, -0.25) is 0 Å². The van der Waals surface area contributed by atoms with E-state index in [1.165, 1.54) is 22.6 Å². The number of pyridine rings is 1. The lowest BCUT2D eigenvalue weighted by atomic mass is 10.4. The number of aromatic hydroxyl groups is 1. The lowest BCUT2D eigenvalue weighted by Gasteiger charge is -2.11. The van der Waals surface area contributed by atoms with Crippen molar-refractivity contribution in [3.05, 3.63) is 9.77 Å². The smallest absolute Gasteiger partial charge is 0.502 e. The van der Waals surface area contributed by atoms with Crippen molar-refractivity contribution in [2.24, 2.45) is 5.14 Å². The Balaban J connectivity index is 3.30.